The molecule has 0 saturated carbocycles. The number of hydrogen-bond donors (Lipinski definition) is 2. The molecule has 0 saturated heterocycles. The van der Waals surface area contributed by atoms with Gasteiger partial charge in [-0.3, -0.25) is 0 Å². The van der Waals surface area contributed by atoms with Crippen LogP contribution in [0, 0.1) is 12.3 Å². The molecule has 0 unspecified atom stereocenters. The third-order valence-electron chi connectivity index (χ3n) is 1.25. The molecule has 0 aliphatic rings. The molecule has 1 aromatic heterocycles. The lowest BCUT2D eigenvalue weighted by Crippen LogP contribution is -2.26. The van der Waals surface area contributed by atoms with Gasteiger partial charge in [0.2, 0.25) is 0 Å². The Morgan fingerprint density at radius 1 is 1.36 bits per heavy atom. The Morgan fingerprint density at radius 2 is 1.91 bits per heavy atom. The van der Waals surface area contributed by atoms with Gasteiger partial charge in [0.25, 0.3) is 0 Å². The Bertz CT molecular complexity index is 348. The summed E-state index contributed by atoms with van der Waals surface area (Å²) >= 11 is 0. The number of aromatic nitrogens is 3. The molecule has 0 amide bonds. The average molecular weight is 153 g/mol. The summed E-state index contributed by atoms with van der Waals surface area (Å²) in [6, 6.07) is 0. The summed E-state index contributed by atoms with van der Waals surface area (Å²) in [7, 11) is 0. The fourth-order valence-corrected chi connectivity index (χ4v) is 0.714. The van der Waals surface area contributed by atoms with Crippen LogP contribution in [-0.2, 0) is 6.54 Å². The first-order chi connectivity index (χ1) is 5.25. The van der Waals surface area contributed by atoms with E-state index in [1.54, 1.807) is 0 Å². The molecule has 2 N–H and O–H groups in total. The molecule has 0 aliphatic carbocycles. The molecule has 5 nitrogen and oxygen atoms in total. The maximum absolute atomic E-state index is 10.8. The second kappa shape index (κ2) is 2.92. The highest BCUT2D eigenvalue weighted by Crippen LogP contribution is 1.76. The first-order valence-electron chi connectivity index (χ1n) is 3.06. The maximum atomic E-state index is 10.8. The molecule has 1 rings (SSSR count). The Hall–Kier alpha value is -1.70. The molecule has 1 heterocycles. The summed E-state index contributed by atoms with van der Waals surface area (Å²) < 4.78 is 1.01. The van der Waals surface area contributed by atoms with E-state index >= 15 is 0 Å². The SMILES string of the molecule is C#CCCn1c(=O)[nH][nH]c1=O. The van der Waals surface area contributed by atoms with Crippen LogP contribution >= 0.6 is 0 Å². The van der Waals surface area contributed by atoms with Crippen LogP contribution < -0.4 is 11.4 Å². The smallest absolute Gasteiger partial charge is 0.247 e. The van der Waals surface area contributed by atoms with Crippen LogP contribution in [0.15, 0.2) is 9.59 Å². The van der Waals surface area contributed by atoms with Crippen LogP contribution in [0.25, 0.3) is 0 Å². The third kappa shape index (κ3) is 1.41. The minimum atomic E-state index is -0.453. The molecule has 0 aromatic carbocycles. The van der Waals surface area contributed by atoms with E-state index in [9.17, 15) is 9.59 Å². The molecule has 0 spiro atoms. The average Bonchev–Trinajstić information content (AvgIpc) is 2.29. The molecule has 0 bridgehead atoms. The third-order valence-corrected chi connectivity index (χ3v) is 1.25. The lowest BCUT2D eigenvalue weighted by molar-refractivity contribution is 0.668. The zero-order valence-electron chi connectivity index (χ0n) is 5.76. The lowest BCUT2D eigenvalue weighted by atomic mass is 10.4. The highest BCUT2D eigenvalue weighted by atomic mass is 16.2. The van der Waals surface area contributed by atoms with Crippen molar-refractivity contribution < 1.29 is 0 Å². The molecule has 0 radical (unpaired) electrons. The molecule has 0 aliphatic heterocycles. The van der Waals surface area contributed by atoms with Gasteiger partial charge in [-0.05, 0) is 0 Å². The standard InChI is InChI=1S/C6H7N3O2/c1-2-3-4-9-5(10)7-8-6(9)11/h1H,3-4H2,(H,7,10)(H,8,11). The first-order valence-corrected chi connectivity index (χ1v) is 3.06. The van der Waals surface area contributed by atoms with Crippen molar-refractivity contribution in [2.45, 2.75) is 13.0 Å². The van der Waals surface area contributed by atoms with Crippen LogP contribution in [0.3, 0.4) is 0 Å². The zero-order valence-corrected chi connectivity index (χ0v) is 5.76. The second-order valence-electron chi connectivity index (χ2n) is 1.97. The molecule has 1 aromatic rings. The molecule has 11 heavy (non-hydrogen) atoms. The fourth-order valence-electron chi connectivity index (χ4n) is 0.714. The van der Waals surface area contributed by atoms with E-state index in [0.717, 1.165) is 4.57 Å². The van der Waals surface area contributed by atoms with E-state index in [-0.39, 0.29) is 6.54 Å². The van der Waals surface area contributed by atoms with Crippen molar-refractivity contribution in [2.75, 3.05) is 0 Å². The van der Waals surface area contributed by atoms with Crippen molar-refractivity contribution >= 4 is 0 Å². The van der Waals surface area contributed by atoms with Crippen LogP contribution in [0.1, 0.15) is 6.42 Å². The normalized spacial score (nSPS) is 9.36. The predicted octanol–water partition coefficient (Wildman–Crippen LogP) is -1.11. The van der Waals surface area contributed by atoms with Gasteiger partial charge in [0.1, 0.15) is 0 Å². The van der Waals surface area contributed by atoms with Crippen molar-refractivity contribution in [1.29, 1.82) is 0 Å². The maximum Gasteiger partial charge on any atom is 0.344 e. The second-order valence-corrected chi connectivity index (χ2v) is 1.97. The Kier molecular flexibility index (Phi) is 1.97. The lowest BCUT2D eigenvalue weighted by Gasteiger charge is -1.90. The summed E-state index contributed by atoms with van der Waals surface area (Å²) in [6.07, 6.45) is 5.33. The van der Waals surface area contributed by atoms with E-state index in [1.807, 2.05) is 0 Å². The number of aromatic amines is 2. The van der Waals surface area contributed by atoms with Gasteiger partial charge < -0.3 is 0 Å². The number of nitrogens with one attached hydrogen (secondary N) is 2. The number of rotatable bonds is 2. The van der Waals surface area contributed by atoms with Gasteiger partial charge in [-0.1, -0.05) is 0 Å². The van der Waals surface area contributed by atoms with Gasteiger partial charge in [-0.2, -0.15) is 0 Å². The van der Waals surface area contributed by atoms with Crippen molar-refractivity contribution in [1.82, 2.24) is 14.8 Å². The summed E-state index contributed by atoms with van der Waals surface area (Å²) in [5, 5.41) is 4.29. The Labute approximate surface area is 62.0 Å². The molecule has 58 valence electrons. The largest absolute Gasteiger partial charge is 0.344 e. The molecular weight excluding hydrogens is 146 g/mol. The van der Waals surface area contributed by atoms with E-state index in [2.05, 4.69) is 16.1 Å². The number of nitrogens with zero attached hydrogens (tertiary/aromatic N) is 1. The van der Waals surface area contributed by atoms with Crippen molar-refractivity contribution in [3.8, 4) is 12.3 Å². The zero-order chi connectivity index (χ0) is 8.27. The van der Waals surface area contributed by atoms with Gasteiger partial charge in [-0.25, -0.2) is 24.4 Å². The number of H-pyrrole nitrogens is 2. The number of hydrogen-bond acceptors (Lipinski definition) is 2. The van der Waals surface area contributed by atoms with Crippen molar-refractivity contribution in [3.63, 3.8) is 0 Å². The molecule has 5 heteroatoms. The summed E-state index contributed by atoms with van der Waals surface area (Å²) in [4.78, 5) is 21.5. The minimum absolute atomic E-state index is 0.258. The van der Waals surface area contributed by atoms with Gasteiger partial charge in [0.15, 0.2) is 0 Å². The van der Waals surface area contributed by atoms with Gasteiger partial charge in [-0.15, -0.1) is 12.3 Å². The highest BCUT2D eigenvalue weighted by Gasteiger charge is 1.99. The monoisotopic (exact) mass is 153 g/mol. The molecule has 0 fully saturated rings. The first kappa shape index (κ1) is 7.41. The Balaban J connectivity index is 2.95. The van der Waals surface area contributed by atoms with Crippen molar-refractivity contribution in [3.05, 3.63) is 21.0 Å². The highest BCUT2D eigenvalue weighted by molar-refractivity contribution is 4.83. The van der Waals surface area contributed by atoms with E-state index in [4.69, 9.17) is 6.42 Å². The fraction of sp³-hybridized carbons (Fsp3) is 0.333. The van der Waals surface area contributed by atoms with Gasteiger partial charge in [0, 0.05) is 13.0 Å². The van der Waals surface area contributed by atoms with E-state index in [1.165, 1.54) is 0 Å². The van der Waals surface area contributed by atoms with Crippen molar-refractivity contribution in [2.24, 2.45) is 0 Å². The van der Waals surface area contributed by atoms with Crippen LogP contribution in [0.4, 0.5) is 0 Å². The molecule has 0 atom stereocenters. The topological polar surface area (TPSA) is 70.7 Å². The summed E-state index contributed by atoms with van der Waals surface area (Å²) in [5.74, 6) is 2.33. The number of terminal acetylenes is 1. The van der Waals surface area contributed by atoms with Crippen LogP contribution in [0.5, 0.6) is 0 Å². The van der Waals surface area contributed by atoms with Crippen LogP contribution in [0.2, 0.25) is 0 Å². The van der Waals surface area contributed by atoms with Gasteiger partial charge >= 0.3 is 11.4 Å². The quantitative estimate of drug-likeness (QED) is 0.529. The van der Waals surface area contributed by atoms with Gasteiger partial charge in [0.05, 0.1) is 0 Å². The summed E-state index contributed by atoms with van der Waals surface area (Å²) in [6.45, 7) is 0.258. The van der Waals surface area contributed by atoms with E-state index < -0.39 is 11.4 Å². The summed E-state index contributed by atoms with van der Waals surface area (Å²) in [5.41, 5.74) is -0.907. The minimum Gasteiger partial charge on any atom is -0.247 e. The predicted molar refractivity (Wildman–Crippen MR) is 39.1 cm³/mol. The van der Waals surface area contributed by atoms with Crippen LogP contribution in [-0.4, -0.2) is 14.8 Å². The van der Waals surface area contributed by atoms with E-state index in [0.29, 0.717) is 6.42 Å². The molecular formula is C6H7N3O2. The Morgan fingerprint density at radius 3 is 2.36 bits per heavy atom.